The number of para-hydroxylation sites is 2. The third-order valence-corrected chi connectivity index (χ3v) is 8.46. The first-order valence-electron chi connectivity index (χ1n) is 14.3. The van der Waals surface area contributed by atoms with E-state index in [0.29, 0.717) is 30.0 Å². The highest BCUT2D eigenvalue weighted by molar-refractivity contribution is 6.22. The molecule has 0 aliphatic carbocycles. The largest absolute Gasteiger partial charge is 0.496 e. The van der Waals surface area contributed by atoms with E-state index in [-0.39, 0.29) is 17.8 Å². The summed E-state index contributed by atoms with van der Waals surface area (Å²) in [6.07, 6.45) is 0.423. The van der Waals surface area contributed by atoms with E-state index in [1.807, 2.05) is 73.7 Å². The molecule has 214 valence electrons. The Morgan fingerprint density at radius 1 is 0.930 bits per heavy atom. The number of aryl methyl sites for hydroxylation is 1. The molecule has 3 heterocycles. The maximum absolute atomic E-state index is 14.1. The summed E-state index contributed by atoms with van der Waals surface area (Å²) in [5, 5.41) is 3.97. The topological polar surface area (TPSA) is 94.7 Å². The number of carbonyl (C=O) groups excluding carboxylic acids is 3. The molecule has 4 amide bonds. The lowest BCUT2D eigenvalue weighted by molar-refractivity contribution is -0.120. The highest BCUT2D eigenvalue weighted by Gasteiger charge is 2.53. The van der Waals surface area contributed by atoms with Gasteiger partial charge in [-0.3, -0.25) is 14.5 Å². The number of amides is 4. The van der Waals surface area contributed by atoms with Gasteiger partial charge in [0.05, 0.1) is 12.8 Å². The zero-order chi connectivity index (χ0) is 29.7. The number of aromatic amines is 1. The molecule has 2 N–H and O–H groups in total. The first-order chi connectivity index (χ1) is 20.9. The number of nitrogens with zero attached hydrogens (tertiary/aromatic N) is 2. The lowest BCUT2D eigenvalue weighted by atomic mass is 9.88. The molecule has 1 aromatic heterocycles. The molecule has 43 heavy (non-hydrogen) atoms. The molecule has 0 saturated carbocycles. The van der Waals surface area contributed by atoms with Crippen molar-refractivity contribution in [2.75, 3.05) is 12.0 Å². The third-order valence-electron chi connectivity index (χ3n) is 8.46. The number of hydrogen-bond acceptors (Lipinski definition) is 4. The molecule has 5 aromatic rings. The number of carbonyl (C=O) groups is 3. The number of H-pyrrole nitrogens is 1. The van der Waals surface area contributed by atoms with Crippen LogP contribution in [-0.2, 0) is 17.8 Å². The number of nitrogens with one attached hydrogen (secondary N) is 2. The number of methoxy groups -OCH3 is 1. The van der Waals surface area contributed by atoms with Crippen LogP contribution in [0.2, 0.25) is 0 Å². The second-order valence-electron chi connectivity index (χ2n) is 11.0. The Labute approximate surface area is 248 Å². The lowest BCUT2D eigenvalue weighted by Gasteiger charge is -2.36. The molecule has 2 atom stereocenters. The number of rotatable bonds is 6. The van der Waals surface area contributed by atoms with Gasteiger partial charge in [0, 0.05) is 40.7 Å². The summed E-state index contributed by atoms with van der Waals surface area (Å²) in [6, 6.07) is 28.8. The van der Waals surface area contributed by atoms with Gasteiger partial charge in [0.25, 0.3) is 11.8 Å². The van der Waals surface area contributed by atoms with E-state index in [4.69, 9.17) is 4.74 Å². The molecule has 8 heteroatoms. The summed E-state index contributed by atoms with van der Waals surface area (Å²) in [5.74, 6) is 0.161. The minimum atomic E-state index is -0.644. The van der Waals surface area contributed by atoms with E-state index in [1.54, 1.807) is 36.3 Å². The number of benzene rings is 4. The van der Waals surface area contributed by atoms with Crippen molar-refractivity contribution < 1.29 is 19.1 Å². The Kier molecular flexibility index (Phi) is 6.46. The maximum Gasteiger partial charge on any atom is 0.332 e. The zero-order valence-corrected chi connectivity index (χ0v) is 23.8. The third kappa shape index (κ3) is 4.43. The average Bonchev–Trinajstić information content (AvgIpc) is 3.53. The maximum atomic E-state index is 14.1. The van der Waals surface area contributed by atoms with Crippen LogP contribution in [0.5, 0.6) is 5.75 Å². The molecule has 2 aliphatic heterocycles. The van der Waals surface area contributed by atoms with Gasteiger partial charge in [-0.25, -0.2) is 9.69 Å². The minimum absolute atomic E-state index is 0.265. The van der Waals surface area contributed by atoms with Gasteiger partial charge in [0.2, 0.25) is 0 Å². The van der Waals surface area contributed by atoms with E-state index < -0.39 is 12.1 Å². The van der Waals surface area contributed by atoms with Gasteiger partial charge in [0.1, 0.15) is 17.8 Å². The fourth-order valence-electron chi connectivity index (χ4n) is 6.30. The van der Waals surface area contributed by atoms with Crippen LogP contribution in [0.1, 0.15) is 44.3 Å². The Morgan fingerprint density at radius 3 is 2.42 bits per heavy atom. The van der Waals surface area contributed by atoms with Crippen molar-refractivity contribution in [3.63, 3.8) is 0 Å². The van der Waals surface area contributed by atoms with Gasteiger partial charge in [-0.05, 0) is 54.4 Å². The summed E-state index contributed by atoms with van der Waals surface area (Å²) < 4.78 is 5.37. The summed E-state index contributed by atoms with van der Waals surface area (Å²) in [5.41, 5.74) is 6.76. The standard InChI is InChI=1S/C35H30N4O4/c1-21-11-13-22(14-12-21)32-31-27(26-8-4-5-9-28(26)37-31)19-29-34(41)38(35(42)39(29)32)25-17-15-23(16-18-25)33(40)36-20-24-7-3-6-10-30(24)43-2/h3-18,29,32,37H,19-20H2,1-2H3,(H,36,40). The number of anilines is 1. The molecule has 0 bridgehead atoms. The molecule has 1 saturated heterocycles. The average molecular weight is 571 g/mol. The Bertz CT molecular complexity index is 1880. The monoisotopic (exact) mass is 570 g/mol. The molecule has 2 aliphatic rings. The molecule has 1 fully saturated rings. The number of hydrogen-bond donors (Lipinski definition) is 2. The van der Waals surface area contributed by atoms with Crippen LogP contribution in [0.3, 0.4) is 0 Å². The van der Waals surface area contributed by atoms with Crippen molar-refractivity contribution in [2.45, 2.75) is 32.0 Å². The fraction of sp³-hybridized carbons (Fsp3) is 0.171. The van der Waals surface area contributed by atoms with Crippen LogP contribution in [0, 0.1) is 6.92 Å². The smallest absolute Gasteiger partial charge is 0.332 e. The van der Waals surface area contributed by atoms with Crippen molar-refractivity contribution >= 4 is 34.4 Å². The van der Waals surface area contributed by atoms with Gasteiger partial charge in [-0.15, -0.1) is 0 Å². The number of ether oxygens (including phenoxy) is 1. The molecule has 4 aromatic carbocycles. The lowest BCUT2D eigenvalue weighted by Crippen LogP contribution is -2.44. The molecule has 2 unspecified atom stereocenters. The Hall–Kier alpha value is -5.37. The summed E-state index contributed by atoms with van der Waals surface area (Å²) in [6.45, 7) is 2.33. The minimum Gasteiger partial charge on any atom is -0.496 e. The number of urea groups is 1. The predicted octanol–water partition coefficient (Wildman–Crippen LogP) is 5.90. The van der Waals surface area contributed by atoms with E-state index >= 15 is 0 Å². The summed E-state index contributed by atoms with van der Waals surface area (Å²) in [4.78, 5) is 47.5. The van der Waals surface area contributed by atoms with Crippen molar-refractivity contribution in [1.29, 1.82) is 0 Å². The SMILES string of the molecule is COc1ccccc1CNC(=O)c1ccc(N2C(=O)C3Cc4c([nH]c5ccccc45)C(c4ccc(C)cc4)N3C2=O)cc1. The Morgan fingerprint density at radius 2 is 1.65 bits per heavy atom. The van der Waals surface area contributed by atoms with Crippen molar-refractivity contribution in [3.05, 3.63) is 131 Å². The highest BCUT2D eigenvalue weighted by atomic mass is 16.5. The quantitative estimate of drug-likeness (QED) is 0.249. The molecular formula is C35H30N4O4. The normalized spacial score (nSPS) is 17.6. The van der Waals surface area contributed by atoms with Crippen LogP contribution >= 0.6 is 0 Å². The van der Waals surface area contributed by atoms with Crippen LogP contribution in [0.4, 0.5) is 10.5 Å². The fourth-order valence-corrected chi connectivity index (χ4v) is 6.30. The highest BCUT2D eigenvalue weighted by Crippen LogP contribution is 2.44. The van der Waals surface area contributed by atoms with Gasteiger partial charge in [-0.1, -0.05) is 66.2 Å². The first-order valence-corrected chi connectivity index (χ1v) is 14.3. The predicted molar refractivity (Wildman–Crippen MR) is 164 cm³/mol. The van der Waals surface area contributed by atoms with Crippen LogP contribution < -0.4 is 15.0 Å². The van der Waals surface area contributed by atoms with E-state index in [1.165, 1.54) is 4.90 Å². The molecule has 7 rings (SSSR count). The van der Waals surface area contributed by atoms with Crippen LogP contribution in [0.15, 0.2) is 97.1 Å². The van der Waals surface area contributed by atoms with Gasteiger partial charge in [-0.2, -0.15) is 0 Å². The van der Waals surface area contributed by atoms with Crippen LogP contribution in [0.25, 0.3) is 10.9 Å². The van der Waals surface area contributed by atoms with E-state index in [0.717, 1.165) is 38.9 Å². The Balaban J connectivity index is 1.18. The summed E-state index contributed by atoms with van der Waals surface area (Å²) >= 11 is 0. The molecule has 0 spiro atoms. The van der Waals surface area contributed by atoms with Crippen molar-refractivity contribution in [2.24, 2.45) is 0 Å². The summed E-state index contributed by atoms with van der Waals surface area (Å²) in [7, 11) is 1.59. The second-order valence-corrected chi connectivity index (χ2v) is 11.0. The van der Waals surface area contributed by atoms with Gasteiger partial charge in [0.15, 0.2) is 0 Å². The molecular weight excluding hydrogens is 540 g/mol. The second kappa shape index (κ2) is 10.5. The number of fused-ring (bicyclic) bond motifs is 4. The van der Waals surface area contributed by atoms with E-state index in [9.17, 15) is 14.4 Å². The number of imide groups is 1. The molecule has 8 nitrogen and oxygen atoms in total. The molecule has 0 radical (unpaired) electrons. The van der Waals surface area contributed by atoms with E-state index in [2.05, 4.69) is 16.4 Å². The zero-order valence-electron chi connectivity index (χ0n) is 23.8. The van der Waals surface area contributed by atoms with Crippen molar-refractivity contribution in [1.82, 2.24) is 15.2 Å². The van der Waals surface area contributed by atoms with Gasteiger partial charge < -0.3 is 15.0 Å². The van der Waals surface area contributed by atoms with Crippen molar-refractivity contribution in [3.8, 4) is 5.75 Å². The number of aromatic nitrogens is 1. The first kappa shape index (κ1) is 26.5. The van der Waals surface area contributed by atoms with Crippen LogP contribution in [-0.4, -0.2) is 40.9 Å². The van der Waals surface area contributed by atoms with Gasteiger partial charge >= 0.3 is 6.03 Å².